The molecular formula is C41H25BN2. The Bertz CT molecular complexity index is 2440. The van der Waals surface area contributed by atoms with Crippen molar-refractivity contribution in [2.75, 3.05) is 4.90 Å². The summed E-state index contributed by atoms with van der Waals surface area (Å²) < 4.78 is 0. The van der Waals surface area contributed by atoms with E-state index in [1.165, 1.54) is 88.6 Å². The summed E-state index contributed by atoms with van der Waals surface area (Å²) >= 11 is 0. The lowest BCUT2D eigenvalue weighted by Crippen LogP contribution is -2.54. The summed E-state index contributed by atoms with van der Waals surface area (Å²) in [6.07, 6.45) is 16.7. The van der Waals surface area contributed by atoms with Crippen LogP contribution in [0.1, 0.15) is 22.6 Å². The van der Waals surface area contributed by atoms with Crippen molar-refractivity contribution >= 4 is 67.9 Å². The highest BCUT2D eigenvalue weighted by Gasteiger charge is 2.43. The van der Waals surface area contributed by atoms with Crippen molar-refractivity contribution in [3.63, 3.8) is 0 Å². The van der Waals surface area contributed by atoms with Gasteiger partial charge in [0.2, 0.25) is 6.71 Å². The van der Waals surface area contributed by atoms with Crippen LogP contribution in [-0.2, 0) is 6.42 Å². The zero-order valence-electron chi connectivity index (χ0n) is 24.0. The molecule has 202 valence electrons. The van der Waals surface area contributed by atoms with E-state index < -0.39 is 0 Å². The number of hydrogen-bond acceptors (Lipinski definition) is 2. The summed E-state index contributed by atoms with van der Waals surface area (Å²) in [6, 6.07) is 34.4. The van der Waals surface area contributed by atoms with Crippen LogP contribution in [0.3, 0.4) is 0 Å². The lowest BCUT2D eigenvalue weighted by Gasteiger charge is -2.38. The van der Waals surface area contributed by atoms with Gasteiger partial charge in [-0.05, 0) is 110 Å². The number of fused-ring (bicyclic) bond motifs is 7. The van der Waals surface area contributed by atoms with Crippen LogP contribution in [0, 0.1) is 0 Å². The Morgan fingerprint density at radius 1 is 0.705 bits per heavy atom. The highest BCUT2D eigenvalue weighted by molar-refractivity contribution is 7.01. The lowest BCUT2D eigenvalue weighted by molar-refractivity contribution is 0.892. The molecule has 5 aliphatic rings. The molecule has 1 aromatic heterocycles. The topological polar surface area (TPSA) is 16.1 Å². The molecule has 3 aliphatic carbocycles. The van der Waals surface area contributed by atoms with Gasteiger partial charge in [-0.3, -0.25) is 4.98 Å². The molecule has 0 radical (unpaired) electrons. The first-order chi connectivity index (χ1) is 21.8. The van der Waals surface area contributed by atoms with Crippen molar-refractivity contribution in [3.05, 3.63) is 155 Å². The van der Waals surface area contributed by atoms with E-state index in [2.05, 4.69) is 126 Å². The molecule has 1 atom stereocenters. The van der Waals surface area contributed by atoms with Gasteiger partial charge in [0, 0.05) is 34.6 Å². The third-order valence-electron chi connectivity index (χ3n) is 10.5. The van der Waals surface area contributed by atoms with Gasteiger partial charge in [0.1, 0.15) is 0 Å². The molecule has 5 aromatic carbocycles. The largest absolute Gasteiger partial charge is 0.311 e. The number of hydrogen-bond donors (Lipinski definition) is 0. The van der Waals surface area contributed by atoms with Crippen molar-refractivity contribution in [3.8, 4) is 11.1 Å². The first-order valence-electron chi connectivity index (χ1n) is 15.6. The van der Waals surface area contributed by atoms with E-state index in [-0.39, 0.29) is 6.71 Å². The second-order valence-corrected chi connectivity index (χ2v) is 12.7. The number of pyridine rings is 1. The Labute approximate surface area is 256 Å². The van der Waals surface area contributed by atoms with Crippen LogP contribution in [0.25, 0.3) is 38.9 Å². The number of anilines is 3. The number of nitrogens with zero attached hydrogens (tertiary/aromatic N) is 2. The van der Waals surface area contributed by atoms with E-state index in [9.17, 15) is 0 Å². The summed E-state index contributed by atoms with van der Waals surface area (Å²) in [5.41, 5.74) is 18.8. The van der Waals surface area contributed by atoms with Crippen molar-refractivity contribution in [1.29, 1.82) is 0 Å². The molecule has 0 spiro atoms. The summed E-state index contributed by atoms with van der Waals surface area (Å²) in [6.45, 7) is 0.168. The maximum Gasteiger partial charge on any atom is 0.248 e. The molecule has 3 heteroatoms. The van der Waals surface area contributed by atoms with Crippen LogP contribution in [0.15, 0.2) is 139 Å². The van der Waals surface area contributed by atoms with Crippen LogP contribution < -0.4 is 21.3 Å². The zero-order valence-corrected chi connectivity index (χ0v) is 24.0. The Morgan fingerprint density at radius 3 is 2.57 bits per heavy atom. The van der Waals surface area contributed by atoms with Gasteiger partial charge in [0.05, 0.1) is 5.52 Å². The monoisotopic (exact) mass is 556 g/mol. The standard InChI is InChI=1S/C41H25BN2/c1-2-7-27-22-38-35(21-26(27)6-1)42-34-23-36-28(10-5-17-43-36)20-33(34)32-11-4-12-37(41(32)42)44(38)31-18-29-15-13-24-8-3-9-25-14-16-30(19-31)40(29)39(24)25/h1-15,17-23,39H,16H2. The Morgan fingerprint density at radius 2 is 1.61 bits per heavy atom. The Hall–Kier alpha value is -5.41. The third-order valence-corrected chi connectivity index (χ3v) is 10.5. The predicted octanol–water partition coefficient (Wildman–Crippen LogP) is 7.76. The third kappa shape index (κ3) is 2.89. The first kappa shape index (κ1) is 23.1. The van der Waals surface area contributed by atoms with E-state index in [1.807, 2.05) is 12.3 Å². The molecule has 2 nitrogen and oxygen atoms in total. The van der Waals surface area contributed by atoms with Crippen LogP contribution in [0.2, 0.25) is 0 Å². The number of aromatic nitrogens is 1. The van der Waals surface area contributed by atoms with Crippen LogP contribution >= 0.6 is 0 Å². The van der Waals surface area contributed by atoms with Crippen molar-refractivity contribution < 1.29 is 0 Å². The van der Waals surface area contributed by atoms with Gasteiger partial charge in [-0.25, -0.2) is 0 Å². The average molecular weight is 556 g/mol. The lowest BCUT2D eigenvalue weighted by atomic mass is 9.37. The highest BCUT2D eigenvalue weighted by atomic mass is 15.2. The SMILES string of the molecule is C1=CC2=CCc3cc(N4c5cc6ccccc6cc5B5c6cc7ncccc7cc6-c6cccc4c65)cc4c3C2C(=C1)C=C4. The normalized spacial score (nSPS) is 17.7. The number of benzene rings is 5. The van der Waals surface area contributed by atoms with Crippen molar-refractivity contribution in [1.82, 2.24) is 4.98 Å². The molecule has 2 aliphatic heterocycles. The fourth-order valence-electron chi connectivity index (χ4n) is 8.70. The van der Waals surface area contributed by atoms with E-state index in [0.29, 0.717) is 5.92 Å². The molecule has 0 fully saturated rings. The quantitative estimate of drug-likeness (QED) is 0.192. The van der Waals surface area contributed by atoms with Crippen LogP contribution in [-0.4, -0.2) is 11.7 Å². The van der Waals surface area contributed by atoms with E-state index in [1.54, 1.807) is 0 Å². The maximum absolute atomic E-state index is 4.76. The smallest absolute Gasteiger partial charge is 0.248 e. The van der Waals surface area contributed by atoms with Gasteiger partial charge < -0.3 is 4.90 Å². The molecule has 0 saturated heterocycles. The van der Waals surface area contributed by atoms with Gasteiger partial charge in [0.25, 0.3) is 0 Å². The maximum atomic E-state index is 4.76. The fourth-order valence-corrected chi connectivity index (χ4v) is 8.70. The van der Waals surface area contributed by atoms with E-state index >= 15 is 0 Å². The van der Waals surface area contributed by atoms with Gasteiger partial charge in [-0.15, -0.1) is 0 Å². The predicted molar refractivity (Wildman–Crippen MR) is 185 cm³/mol. The first-order valence-corrected chi connectivity index (χ1v) is 15.6. The molecule has 3 heterocycles. The summed E-state index contributed by atoms with van der Waals surface area (Å²) in [4.78, 5) is 7.31. The summed E-state index contributed by atoms with van der Waals surface area (Å²) in [5, 5.41) is 3.74. The van der Waals surface area contributed by atoms with Gasteiger partial charge in [-0.2, -0.15) is 0 Å². The average Bonchev–Trinajstić information content (AvgIpc) is 3.39. The van der Waals surface area contributed by atoms with Gasteiger partial charge in [0.15, 0.2) is 0 Å². The Balaban J connectivity index is 1.21. The fraction of sp³-hybridized carbons (Fsp3) is 0.0488. The Kier molecular flexibility index (Phi) is 4.28. The molecule has 44 heavy (non-hydrogen) atoms. The molecule has 0 saturated carbocycles. The van der Waals surface area contributed by atoms with Gasteiger partial charge >= 0.3 is 0 Å². The minimum absolute atomic E-state index is 0.168. The van der Waals surface area contributed by atoms with E-state index in [0.717, 1.165) is 11.9 Å². The molecule has 0 N–H and O–H groups in total. The van der Waals surface area contributed by atoms with Crippen molar-refractivity contribution in [2.24, 2.45) is 0 Å². The second kappa shape index (κ2) is 8.15. The van der Waals surface area contributed by atoms with Crippen molar-refractivity contribution in [2.45, 2.75) is 12.3 Å². The van der Waals surface area contributed by atoms with Gasteiger partial charge in [-0.1, -0.05) is 90.4 Å². The molecular weight excluding hydrogens is 531 g/mol. The van der Waals surface area contributed by atoms with E-state index in [4.69, 9.17) is 4.98 Å². The number of rotatable bonds is 1. The second-order valence-electron chi connectivity index (χ2n) is 12.7. The molecule has 6 aromatic rings. The number of allylic oxidation sites excluding steroid dienone is 7. The molecule has 0 bridgehead atoms. The van der Waals surface area contributed by atoms with Crippen LogP contribution in [0.5, 0.6) is 0 Å². The molecule has 11 rings (SSSR count). The van der Waals surface area contributed by atoms with Crippen LogP contribution in [0.4, 0.5) is 17.1 Å². The zero-order chi connectivity index (χ0) is 28.5. The minimum atomic E-state index is 0.168. The molecule has 0 amide bonds. The summed E-state index contributed by atoms with van der Waals surface area (Å²) in [7, 11) is 0. The molecule has 1 unspecified atom stereocenters. The summed E-state index contributed by atoms with van der Waals surface area (Å²) in [5.74, 6) is 0.359. The highest BCUT2D eigenvalue weighted by Crippen LogP contribution is 2.49. The minimum Gasteiger partial charge on any atom is -0.311 e.